The van der Waals surface area contributed by atoms with Crippen molar-refractivity contribution in [2.24, 2.45) is 0 Å². The number of hydrogen-bond acceptors (Lipinski definition) is 5. The molecule has 1 rings (SSSR count). The molecule has 7 nitrogen and oxygen atoms in total. The molecule has 25 heavy (non-hydrogen) atoms. The molecule has 0 heterocycles. The molecular weight excluding hydrogens is 343 g/mol. The quantitative estimate of drug-likeness (QED) is 0.520. The molecule has 10 heteroatoms. The van der Waals surface area contributed by atoms with Gasteiger partial charge in [0.1, 0.15) is 5.69 Å². The molecule has 1 aromatic rings. The Labute approximate surface area is 142 Å². The lowest BCUT2D eigenvalue weighted by Gasteiger charge is -2.16. The molecule has 2 N–H and O–H groups in total. The van der Waals surface area contributed by atoms with Crippen molar-refractivity contribution in [2.45, 2.75) is 32.0 Å². The molecule has 1 aromatic carbocycles. The third-order valence-electron chi connectivity index (χ3n) is 3.42. The summed E-state index contributed by atoms with van der Waals surface area (Å²) in [5.41, 5.74) is -1.87. The van der Waals surface area contributed by atoms with Crippen LogP contribution in [-0.4, -0.2) is 37.1 Å². The number of benzene rings is 1. The van der Waals surface area contributed by atoms with E-state index in [0.29, 0.717) is 19.1 Å². The first-order chi connectivity index (χ1) is 11.7. The van der Waals surface area contributed by atoms with Crippen LogP contribution in [-0.2, 0) is 15.7 Å². The molecule has 0 aliphatic heterocycles. The Balaban J connectivity index is 2.68. The van der Waals surface area contributed by atoms with Crippen molar-refractivity contribution in [3.05, 3.63) is 33.9 Å². The first-order valence-electron chi connectivity index (χ1n) is 7.56. The van der Waals surface area contributed by atoms with Crippen LogP contribution >= 0.6 is 0 Å². The summed E-state index contributed by atoms with van der Waals surface area (Å²) < 4.78 is 42.9. The average molecular weight is 363 g/mol. The standard InChI is InChI=1S/C15H20F3N3O4/c1-3-11(9-25-2)20-14(22)6-7-19-12-5-4-10(15(16,17)18)8-13(12)21(23)24/h4-5,8,11,19H,3,6-7,9H2,1-2H3,(H,20,22). The second-order valence-electron chi connectivity index (χ2n) is 5.29. The van der Waals surface area contributed by atoms with Crippen LogP contribution < -0.4 is 10.6 Å². The summed E-state index contributed by atoms with van der Waals surface area (Å²) in [5, 5.41) is 16.3. The molecule has 0 radical (unpaired) electrons. The molecule has 1 amide bonds. The summed E-state index contributed by atoms with van der Waals surface area (Å²) in [6.07, 6.45) is -3.98. The van der Waals surface area contributed by atoms with Gasteiger partial charge in [-0.05, 0) is 18.6 Å². The molecule has 0 saturated heterocycles. The van der Waals surface area contributed by atoms with Gasteiger partial charge in [-0.1, -0.05) is 6.92 Å². The monoisotopic (exact) mass is 363 g/mol. The van der Waals surface area contributed by atoms with Gasteiger partial charge in [0.05, 0.1) is 23.1 Å². The number of ether oxygens (including phenoxy) is 1. The van der Waals surface area contributed by atoms with E-state index >= 15 is 0 Å². The maximum absolute atomic E-state index is 12.6. The molecular formula is C15H20F3N3O4. The largest absolute Gasteiger partial charge is 0.416 e. The minimum Gasteiger partial charge on any atom is -0.383 e. The van der Waals surface area contributed by atoms with Gasteiger partial charge in [0.15, 0.2) is 0 Å². The maximum Gasteiger partial charge on any atom is 0.416 e. The van der Waals surface area contributed by atoms with Gasteiger partial charge in [-0.25, -0.2) is 0 Å². The highest BCUT2D eigenvalue weighted by molar-refractivity contribution is 5.77. The van der Waals surface area contributed by atoms with E-state index in [9.17, 15) is 28.1 Å². The molecule has 0 bridgehead atoms. The van der Waals surface area contributed by atoms with Gasteiger partial charge in [0.2, 0.25) is 5.91 Å². The fourth-order valence-corrected chi connectivity index (χ4v) is 2.08. The predicted molar refractivity (Wildman–Crippen MR) is 85.3 cm³/mol. The van der Waals surface area contributed by atoms with Gasteiger partial charge in [0, 0.05) is 26.1 Å². The van der Waals surface area contributed by atoms with Crippen LogP contribution in [0.2, 0.25) is 0 Å². The smallest absolute Gasteiger partial charge is 0.383 e. The topological polar surface area (TPSA) is 93.5 Å². The molecule has 1 atom stereocenters. The van der Waals surface area contributed by atoms with Crippen molar-refractivity contribution in [2.75, 3.05) is 25.6 Å². The lowest BCUT2D eigenvalue weighted by atomic mass is 10.1. The Hall–Kier alpha value is -2.36. The number of nitrogens with zero attached hydrogens (tertiary/aromatic N) is 1. The van der Waals surface area contributed by atoms with Crippen LogP contribution in [0, 0.1) is 10.1 Å². The summed E-state index contributed by atoms with van der Waals surface area (Å²) in [6, 6.07) is 2.06. The van der Waals surface area contributed by atoms with Crippen LogP contribution in [0.15, 0.2) is 18.2 Å². The first kappa shape index (κ1) is 20.7. The molecule has 0 spiro atoms. The number of halogens is 3. The van der Waals surface area contributed by atoms with Gasteiger partial charge < -0.3 is 15.4 Å². The van der Waals surface area contributed by atoms with Gasteiger partial charge in [0.25, 0.3) is 5.69 Å². The van der Waals surface area contributed by atoms with Crippen molar-refractivity contribution in [1.82, 2.24) is 5.32 Å². The van der Waals surface area contributed by atoms with Gasteiger partial charge in [-0.2, -0.15) is 13.2 Å². The Bertz CT molecular complexity index is 608. The van der Waals surface area contributed by atoms with Gasteiger partial charge in [-0.15, -0.1) is 0 Å². The first-order valence-corrected chi connectivity index (χ1v) is 7.56. The van der Waals surface area contributed by atoms with E-state index in [0.717, 1.165) is 12.1 Å². The zero-order chi connectivity index (χ0) is 19.0. The van der Waals surface area contributed by atoms with Crippen molar-refractivity contribution in [1.29, 1.82) is 0 Å². The van der Waals surface area contributed by atoms with Crippen LogP contribution in [0.25, 0.3) is 0 Å². The number of hydrogen-bond donors (Lipinski definition) is 2. The van der Waals surface area contributed by atoms with Crippen LogP contribution in [0.3, 0.4) is 0 Å². The zero-order valence-electron chi connectivity index (χ0n) is 13.9. The highest BCUT2D eigenvalue weighted by Gasteiger charge is 2.33. The minimum absolute atomic E-state index is 0.0123. The Morgan fingerprint density at radius 3 is 2.60 bits per heavy atom. The maximum atomic E-state index is 12.6. The molecule has 0 aliphatic carbocycles. The van der Waals surface area contributed by atoms with Crippen LogP contribution in [0.4, 0.5) is 24.5 Å². The summed E-state index contributed by atoms with van der Waals surface area (Å²) in [7, 11) is 1.51. The molecule has 0 aromatic heterocycles. The number of amides is 1. The second kappa shape index (κ2) is 9.21. The lowest BCUT2D eigenvalue weighted by Crippen LogP contribution is -2.38. The van der Waals surface area contributed by atoms with E-state index in [1.807, 2.05) is 6.92 Å². The molecule has 0 saturated carbocycles. The lowest BCUT2D eigenvalue weighted by molar-refractivity contribution is -0.384. The second-order valence-corrected chi connectivity index (χ2v) is 5.29. The number of nitro benzene ring substituents is 1. The normalized spacial score (nSPS) is 12.5. The van der Waals surface area contributed by atoms with E-state index in [1.54, 1.807) is 0 Å². The van der Waals surface area contributed by atoms with E-state index in [4.69, 9.17) is 4.74 Å². The van der Waals surface area contributed by atoms with E-state index < -0.39 is 22.4 Å². The third kappa shape index (κ3) is 6.57. The number of anilines is 1. The Morgan fingerprint density at radius 1 is 1.40 bits per heavy atom. The summed E-state index contributed by atoms with van der Waals surface area (Å²) in [6.45, 7) is 2.29. The van der Waals surface area contributed by atoms with Gasteiger partial charge >= 0.3 is 6.18 Å². The van der Waals surface area contributed by atoms with Crippen molar-refractivity contribution >= 4 is 17.3 Å². The summed E-state index contributed by atoms with van der Waals surface area (Å²) in [4.78, 5) is 21.9. The Morgan fingerprint density at radius 2 is 2.08 bits per heavy atom. The molecule has 140 valence electrons. The third-order valence-corrected chi connectivity index (χ3v) is 3.42. The van der Waals surface area contributed by atoms with Crippen molar-refractivity contribution in [3.8, 4) is 0 Å². The fourth-order valence-electron chi connectivity index (χ4n) is 2.08. The Kier molecular flexibility index (Phi) is 7.62. The highest BCUT2D eigenvalue weighted by Crippen LogP contribution is 2.34. The summed E-state index contributed by atoms with van der Waals surface area (Å²) >= 11 is 0. The number of methoxy groups -OCH3 is 1. The van der Waals surface area contributed by atoms with Crippen molar-refractivity contribution < 1.29 is 27.6 Å². The van der Waals surface area contributed by atoms with E-state index in [2.05, 4.69) is 10.6 Å². The highest BCUT2D eigenvalue weighted by atomic mass is 19.4. The SMILES string of the molecule is CCC(COC)NC(=O)CCNc1ccc(C(F)(F)F)cc1[N+](=O)[O-]. The number of carbonyl (C=O) groups excluding carboxylic acids is 1. The van der Waals surface area contributed by atoms with Crippen molar-refractivity contribution in [3.63, 3.8) is 0 Å². The average Bonchev–Trinajstić information content (AvgIpc) is 2.53. The fraction of sp³-hybridized carbons (Fsp3) is 0.533. The number of nitro groups is 1. The van der Waals surface area contributed by atoms with E-state index in [1.165, 1.54) is 7.11 Å². The van der Waals surface area contributed by atoms with Crippen LogP contribution in [0.5, 0.6) is 0 Å². The minimum atomic E-state index is -4.67. The number of carbonyl (C=O) groups is 1. The van der Waals surface area contributed by atoms with Gasteiger partial charge in [-0.3, -0.25) is 14.9 Å². The number of rotatable bonds is 9. The summed E-state index contributed by atoms with van der Waals surface area (Å²) in [5.74, 6) is -0.286. The molecule has 0 aliphatic rings. The molecule has 1 unspecified atom stereocenters. The predicted octanol–water partition coefficient (Wildman–Crippen LogP) is 2.96. The number of alkyl halides is 3. The number of nitrogens with one attached hydrogen (secondary N) is 2. The van der Waals surface area contributed by atoms with E-state index in [-0.39, 0.29) is 30.6 Å². The molecule has 0 fully saturated rings. The van der Waals surface area contributed by atoms with Crippen LogP contribution in [0.1, 0.15) is 25.3 Å². The zero-order valence-corrected chi connectivity index (χ0v) is 13.9.